The minimum atomic E-state index is -1.35. The Hall–Kier alpha value is -1.92. The molecule has 0 spiro atoms. The number of carbonyl (C=O) groups is 1. The lowest BCUT2D eigenvalue weighted by Gasteiger charge is -2.10. The molecule has 0 aliphatic heterocycles. The van der Waals surface area contributed by atoms with Gasteiger partial charge in [0.05, 0.1) is 17.8 Å². The quantitative estimate of drug-likeness (QED) is 0.844. The van der Waals surface area contributed by atoms with E-state index in [4.69, 9.17) is 11.6 Å². The highest BCUT2D eigenvalue weighted by molar-refractivity contribution is 6.32. The van der Waals surface area contributed by atoms with Crippen molar-refractivity contribution in [3.63, 3.8) is 0 Å². The van der Waals surface area contributed by atoms with Crippen LogP contribution in [0.2, 0.25) is 5.02 Å². The number of benzene rings is 1. The summed E-state index contributed by atoms with van der Waals surface area (Å²) in [7, 11) is 1.21. The Morgan fingerprint density at radius 2 is 2.33 bits per heavy atom. The zero-order valence-corrected chi connectivity index (χ0v) is 10.2. The molecule has 0 fully saturated rings. The van der Waals surface area contributed by atoms with Gasteiger partial charge in [0.1, 0.15) is 12.7 Å². The summed E-state index contributed by atoms with van der Waals surface area (Å²) in [4.78, 5) is 15.0. The summed E-state index contributed by atoms with van der Waals surface area (Å²) in [6, 6.07) is 4.70. The number of aliphatic hydroxyl groups is 1. The lowest BCUT2D eigenvalue weighted by Crippen LogP contribution is -2.13. The van der Waals surface area contributed by atoms with Crippen LogP contribution in [0.1, 0.15) is 11.7 Å². The standard InChI is InChI=1S/C11H10ClN3O3/c1-18-11(17)10(16)7-2-3-9(8(12)4-7)15-6-13-5-14-15/h2-6,10,16H,1H3. The lowest BCUT2D eigenvalue weighted by atomic mass is 10.1. The van der Waals surface area contributed by atoms with Gasteiger partial charge in [-0.25, -0.2) is 14.5 Å². The third kappa shape index (κ3) is 2.34. The predicted octanol–water partition coefficient (Wildman–Crippen LogP) is 1.13. The zero-order chi connectivity index (χ0) is 13.1. The third-order valence-corrected chi connectivity index (χ3v) is 2.68. The van der Waals surface area contributed by atoms with E-state index >= 15 is 0 Å². The fourth-order valence-electron chi connectivity index (χ4n) is 1.46. The number of rotatable bonds is 3. The van der Waals surface area contributed by atoms with Gasteiger partial charge in [-0.2, -0.15) is 5.10 Å². The molecule has 2 rings (SSSR count). The molecule has 1 N–H and O–H groups in total. The van der Waals surface area contributed by atoms with Gasteiger partial charge in [-0.05, 0) is 17.7 Å². The minimum absolute atomic E-state index is 0.348. The van der Waals surface area contributed by atoms with Crippen molar-refractivity contribution >= 4 is 17.6 Å². The normalized spacial score (nSPS) is 12.2. The summed E-state index contributed by atoms with van der Waals surface area (Å²) in [5.41, 5.74) is 0.964. The van der Waals surface area contributed by atoms with Crippen LogP contribution in [0.4, 0.5) is 0 Å². The van der Waals surface area contributed by atoms with E-state index in [0.29, 0.717) is 16.3 Å². The molecule has 0 aliphatic carbocycles. The van der Waals surface area contributed by atoms with Crippen LogP contribution in [0, 0.1) is 0 Å². The van der Waals surface area contributed by atoms with Crippen LogP contribution in [0.5, 0.6) is 0 Å². The van der Waals surface area contributed by atoms with Crippen molar-refractivity contribution in [3.8, 4) is 5.69 Å². The van der Waals surface area contributed by atoms with Gasteiger partial charge >= 0.3 is 5.97 Å². The molecule has 2 aromatic rings. The minimum Gasteiger partial charge on any atom is -0.467 e. The number of esters is 1. The number of aliphatic hydroxyl groups excluding tert-OH is 1. The van der Waals surface area contributed by atoms with Crippen molar-refractivity contribution in [3.05, 3.63) is 41.4 Å². The van der Waals surface area contributed by atoms with Gasteiger partial charge in [0.25, 0.3) is 0 Å². The Morgan fingerprint density at radius 1 is 1.56 bits per heavy atom. The molecule has 1 atom stereocenters. The number of ether oxygens (including phenoxy) is 1. The summed E-state index contributed by atoms with van der Waals surface area (Å²) in [5.74, 6) is -0.737. The van der Waals surface area contributed by atoms with Crippen molar-refractivity contribution < 1.29 is 14.6 Å². The van der Waals surface area contributed by atoms with Crippen LogP contribution < -0.4 is 0 Å². The smallest absolute Gasteiger partial charge is 0.339 e. The Balaban J connectivity index is 2.33. The summed E-state index contributed by atoms with van der Waals surface area (Å²) in [5, 5.41) is 14.0. The highest BCUT2D eigenvalue weighted by Crippen LogP contribution is 2.24. The molecule has 0 aliphatic rings. The largest absolute Gasteiger partial charge is 0.467 e. The monoisotopic (exact) mass is 267 g/mol. The highest BCUT2D eigenvalue weighted by atomic mass is 35.5. The first kappa shape index (κ1) is 12.5. The number of methoxy groups -OCH3 is 1. The molecule has 1 unspecified atom stereocenters. The van der Waals surface area contributed by atoms with E-state index in [0.717, 1.165) is 0 Å². The first-order valence-corrected chi connectivity index (χ1v) is 5.41. The van der Waals surface area contributed by atoms with Crippen LogP contribution in [-0.2, 0) is 9.53 Å². The second-order valence-electron chi connectivity index (χ2n) is 3.48. The molecule has 94 valence electrons. The number of hydrogen-bond acceptors (Lipinski definition) is 5. The molecule has 0 amide bonds. The Labute approximate surface area is 108 Å². The van der Waals surface area contributed by atoms with E-state index < -0.39 is 12.1 Å². The highest BCUT2D eigenvalue weighted by Gasteiger charge is 2.19. The van der Waals surface area contributed by atoms with Gasteiger partial charge in [-0.15, -0.1) is 0 Å². The second-order valence-corrected chi connectivity index (χ2v) is 3.88. The number of halogens is 1. The predicted molar refractivity (Wildman–Crippen MR) is 63.3 cm³/mol. The molecule has 0 radical (unpaired) electrons. The topological polar surface area (TPSA) is 77.2 Å². The van der Waals surface area contributed by atoms with Crippen molar-refractivity contribution in [1.82, 2.24) is 14.8 Å². The van der Waals surface area contributed by atoms with E-state index in [1.54, 1.807) is 12.1 Å². The second kappa shape index (κ2) is 5.16. The number of carbonyl (C=O) groups excluding carboxylic acids is 1. The summed E-state index contributed by atoms with van der Waals surface area (Å²) < 4.78 is 5.93. The SMILES string of the molecule is COC(=O)C(O)c1ccc(-n2cncn2)c(Cl)c1. The van der Waals surface area contributed by atoms with Crippen LogP contribution in [0.25, 0.3) is 5.69 Å². The molecule has 0 saturated heterocycles. The summed E-state index contributed by atoms with van der Waals surface area (Å²) >= 11 is 6.06. The number of aromatic nitrogens is 3. The van der Waals surface area contributed by atoms with Gasteiger partial charge in [0, 0.05) is 0 Å². The van der Waals surface area contributed by atoms with Crippen LogP contribution in [0.15, 0.2) is 30.9 Å². The Kier molecular flexibility index (Phi) is 3.59. The molecule has 1 aromatic heterocycles. The van der Waals surface area contributed by atoms with E-state index in [1.165, 1.54) is 30.5 Å². The number of hydrogen-bond donors (Lipinski definition) is 1. The molecular weight excluding hydrogens is 258 g/mol. The van der Waals surface area contributed by atoms with Gasteiger partial charge in [-0.1, -0.05) is 17.7 Å². The molecule has 1 aromatic carbocycles. The fourth-order valence-corrected chi connectivity index (χ4v) is 1.73. The lowest BCUT2D eigenvalue weighted by molar-refractivity contribution is -0.150. The zero-order valence-electron chi connectivity index (χ0n) is 9.45. The summed E-state index contributed by atoms with van der Waals surface area (Å²) in [6.45, 7) is 0. The van der Waals surface area contributed by atoms with Crippen molar-refractivity contribution in [2.45, 2.75) is 6.10 Å². The van der Waals surface area contributed by atoms with Crippen molar-refractivity contribution in [2.75, 3.05) is 7.11 Å². The van der Waals surface area contributed by atoms with Crippen LogP contribution in [-0.4, -0.2) is 33.0 Å². The van der Waals surface area contributed by atoms with Crippen LogP contribution in [0.3, 0.4) is 0 Å². The molecule has 1 heterocycles. The molecule has 18 heavy (non-hydrogen) atoms. The van der Waals surface area contributed by atoms with Gasteiger partial charge < -0.3 is 9.84 Å². The van der Waals surface area contributed by atoms with E-state index in [9.17, 15) is 9.90 Å². The average Bonchev–Trinajstić information content (AvgIpc) is 2.90. The molecule has 0 bridgehead atoms. The first-order valence-electron chi connectivity index (χ1n) is 5.04. The van der Waals surface area contributed by atoms with Crippen LogP contribution >= 0.6 is 11.6 Å². The van der Waals surface area contributed by atoms with Crippen molar-refractivity contribution in [2.24, 2.45) is 0 Å². The molecular formula is C11H10ClN3O3. The molecule has 7 heteroatoms. The Morgan fingerprint density at radius 3 is 2.89 bits per heavy atom. The van der Waals surface area contributed by atoms with Gasteiger partial charge in [0.2, 0.25) is 0 Å². The maximum Gasteiger partial charge on any atom is 0.339 e. The maximum absolute atomic E-state index is 11.2. The molecule has 6 nitrogen and oxygen atoms in total. The van der Waals surface area contributed by atoms with Crippen molar-refractivity contribution in [1.29, 1.82) is 0 Å². The maximum atomic E-state index is 11.2. The van der Waals surface area contributed by atoms with E-state index in [-0.39, 0.29) is 0 Å². The molecule has 0 saturated carbocycles. The van der Waals surface area contributed by atoms with Gasteiger partial charge in [-0.3, -0.25) is 0 Å². The fraction of sp³-hybridized carbons (Fsp3) is 0.182. The van der Waals surface area contributed by atoms with E-state index in [1.807, 2.05) is 0 Å². The number of nitrogens with zero attached hydrogens (tertiary/aromatic N) is 3. The average molecular weight is 268 g/mol. The first-order chi connectivity index (χ1) is 8.63. The van der Waals surface area contributed by atoms with E-state index in [2.05, 4.69) is 14.8 Å². The Bertz CT molecular complexity index is 557. The van der Waals surface area contributed by atoms with Gasteiger partial charge in [0.15, 0.2) is 6.10 Å². The summed E-state index contributed by atoms with van der Waals surface area (Å²) in [6.07, 6.45) is 1.53. The third-order valence-electron chi connectivity index (χ3n) is 2.38.